The number of anilines is 1. The highest BCUT2D eigenvalue weighted by atomic mass is 15.2. The van der Waals surface area contributed by atoms with Gasteiger partial charge in [0.05, 0.1) is 0 Å². The van der Waals surface area contributed by atoms with Crippen LogP contribution in [-0.4, -0.2) is 17.6 Å². The smallest absolute Gasteiger partial charge is 0.129 e. The van der Waals surface area contributed by atoms with Gasteiger partial charge in [-0.05, 0) is 42.2 Å². The van der Waals surface area contributed by atoms with Crippen LogP contribution in [-0.2, 0) is 5.41 Å². The van der Waals surface area contributed by atoms with Gasteiger partial charge in [-0.3, -0.25) is 0 Å². The van der Waals surface area contributed by atoms with Crippen LogP contribution in [0.5, 0.6) is 0 Å². The number of aromatic nitrogens is 1. The molecule has 0 spiro atoms. The van der Waals surface area contributed by atoms with Crippen LogP contribution < -0.4 is 4.90 Å². The van der Waals surface area contributed by atoms with E-state index in [1.54, 1.807) is 0 Å². The lowest BCUT2D eigenvalue weighted by atomic mass is 9.84. The fraction of sp³-hybridized carbons (Fsp3) is 0.500. The van der Waals surface area contributed by atoms with Crippen molar-refractivity contribution in [3.05, 3.63) is 36.0 Å². The zero-order chi connectivity index (χ0) is 14.3. The van der Waals surface area contributed by atoms with Crippen molar-refractivity contribution in [3.63, 3.8) is 0 Å². The first-order valence-electron chi connectivity index (χ1n) is 7.63. The Hall–Kier alpha value is -1.57. The average molecular weight is 268 g/mol. The molecule has 0 amide bonds. The molecule has 1 atom stereocenters. The number of pyridine rings is 1. The number of rotatable bonds is 1. The molecule has 3 rings (SSSR count). The molecule has 0 bridgehead atoms. The van der Waals surface area contributed by atoms with E-state index in [1.165, 1.54) is 29.2 Å². The van der Waals surface area contributed by atoms with Crippen molar-refractivity contribution in [1.82, 2.24) is 4.98 Å². The van der Waals surface area contributed by atoms with Crippen LogP contribution in [0.2, 0.25) is 0 Å². The van der Waals surface area contributed by atoms with Gasteiger partial charge >= 0.3 is 0 Å². The van der Waals surface area contributed by atoms with Crippen LogP contribution in [0, 0.1) is 0 Å². The topological polar surface area (TPSA) is 16.1 Å². The van der Waals surface area contributed by atoms with Crippen LogP contribution in [0.3, 0.4) is 0 Å². The SMILES string of the molecule is C[C@H]1CCCN1c1cc2cccc(C(C)(C)C)c2cn1. The lowest BCUT2D eigenvalue weighted by Crippen LogP contribution is -2.27. The third kappa shape index (κ3) is 2.28. The summed E-state index contributed by atoms with van der Waals surface area (Å²) in [5.41, 5.74) is 1.53. The molecule has 1 aliphatic rings. The standard InChI is InChI=1S/C18H24N2/c1-13-7-6-10-20(13)17-11-14-8-5-9-16(18(2,3)4)15(14)12-19-17/h5,8-9,11-13H,6-7,10H2,1-4H3/t13-/m0/s1. The van der Waals surface area contributed by atoms with Crippen molar-refractivity contribution in [1.29, 1.82) is 0 Å². The largest absolute Gasteiger partial charge is 0.354 e. The second-order valence-corrected chi connectivity index (χ2v) is 7.00. The maximum atomic E-state index is 4.74. The predicted octanol–water partition coefficient (Wildman–Crippen LogP) is 4.52. The molecule has 2 aromatic rings. The molecule has 0 unspecified atom stereocenters. The summed E-state index contributed by atoms with van der Waals surface area (Å²) in [7, 11) is 0. The summed E-state index contributed by atoms with van der Waals surface area (Å²) in [6, 6.07) is 9.47. The zero-order valence-electron chi connectivity index (χ0n) is 13.0. The first-order chi connectivity index (χ1) is 9.47. The highest BCUT2D eigenvalue weighted by molar-refractivity contribution is 5.87. The van der Waals surface area contributed by atoms with E-state index in [1.807, 2.05) is 0 Å². The van der Waals surface area contributed by atoms with Gasteiger partial charge in [0, 0.05) is 24.2 Å². The van der Waals surface area contributed by atoms with E-state index in [-0.39, 0.29) is 5.41 Å². The lowest BCUT2D eigenvalue weighted by molar-refractivity contribution is 0.596. The van der Waals surface area contributed by atoms with Crippen LogP contribution >= 0.6 is 0 Å². The maximum Gasteiger partial charge on any atom is 0.129 e. The first-order valence-corrected chi connectivity index (χ1v) is 7.63. The summed E-state index contributed by atoms with van der Waals surface area (Å²) in [5, 5.41) is 2.59. The minimum Gasteiger partial charge on any atom is -0.354 e. The predicted molar refractivity (Wildman–Crippen MR) is 86.5 cm³/mol. The Morgan fingerprint density at radius 3 is 2.70 bits per heavy atom. The van der Waals surface area contributed by atoms with Crippen molar-refractivity contribution in [2.45, 2.75) is 52.0 Å². The Labute approximate surface area is 121 Å². The summed E-state index contributed by atoms with van der Waals surface area (Å²) in [6.45, 7) is 10.2. The van der Waals surface area contributed by atoms with Gasteiger partial charge in [-0.25, -0.2) is 4.98 Å². The van der Waals surface area contributed by atoms with E-state index in [2.05, 4.69) is 63.1 Å². The fourth-order valence-electron chi connectivity index (χ4n) is 3.24. The summed E-state index contributed by atoms with van der Waals surface area (Å²) in [5.74, 6) is 1.13. The molecule has 0 N–H and O–H groups in total. The van der Waals surface area contributed by atoms with Crippen molar-refractivity contribution >= 4 is 16.6 Å². The number of fused-ring (bicyclic) bond motifs is 1. The monoisotopic (exact) mass is 268 g/mol. The average Bonchev–Trinajstić information content (AvgIpc) is 2.82. The Kier molecular flexibility index (Phi) is 3.19. The van der Waals surface area contributed by atoms with Gasteiger partial charge in [0.1, 0.15) is 5.82 Å². The van der Waals surface area contributed by atoms with Crippen LogP contribution in [0.15, 0.2) is 30.5 Å². The van der Waals surface area contributed by atoms with Crippen molar-refractivity contribution in [3.8, 4) is 0 Å². The van der Waals surface area contributed by atoms with E-state index in [9.17, 15) is 0 Å². The molecular weight excluding hydrogens is 244 g/mol. The fourth-order valence-corrected chi connectivity index (χ4v) is 3.24. The van der Waals surface area contributed by atoms with Crippen molar-refractivity contribution in [2.24, 2.45) is 0 Å². The Balaban J connectivity index is 2.09. The number of benzene rings is 1. The quantitative estimate of drug-likeness (QED) is 0.756. The Bertz CT molecular complexity index is 625. The molecule has 2 nitrogen and oxygen atoms in total. The minimum atomic E-state index is 0.156. The summed E-state index contributed by atoms with van der Waals surface area (Å²) in [6.07, 6.45) is 4.63. The molecule has 1 fully saturated rings. The van der Waals surface area contributed by atoms with E-state index in [0.29, 0.717) is 6.04 Å². The molecule has 1 aliphatic heterocycles. The van der Waals surface area contributed by atoms with Gasteiger partial charge in [0.15, 0.2) is 0 Å². The molecule has 0 radical (unpaired) electrons. The third-order valence-electron chi connectivity index (χ3n) is 4.41. The van der Waals surface area contributed by atoms with Gasteiger partial charge in [-0.2, -0.15) is 0 Å². The zero-order valence-corrected chi connectivity index (χ0v) is 13.0. The molecule has 1 aromatic carbocycles. The molecule has 106 valence electrons. The second-order valence-electron chi connectivity index (χ2n) is 7.00. The molecule has 2 heterocycles. The number of nitrogens with zero attached hydrogens (tertiary/aromatic N) is 2. The van der Waals surface area contributed by atoms with Gasteiger partial charge < -0.3 is 4.90 Å². The van der Waals surface area contributed by atoms with Crippen molar-refractivity contribution in [2.75, 3.05) is 11.4 Å². The highest BCUT2D eigenvalue weighted by Crippen LogP contribution is 2.32. The molecule has 1 saturated heterocycles. The molecule has 0 aliphatic carbocycles. The summed E-state index contributed by atoms with van der Waals surface area (Å²) >= 11 is 0. The first kappa shape index (κ1) is 13.4. The van der Waals surface area contributed by atoms with E-state index in [4.69, 9.17) is 4.98 Å². The third-order valence-corrected chi connectivity index (χ3v) is 4.41. The second kappa shape index (κ2) is 4.76. The van der Waals surface area contributed by atoms with Gasteiger partial charge in [-0.1, -0.05) is 39.0 Å². The molecule has 1 aromatic heterocycles. The molecule has 2 heteroatoms. The normalized spacial score (nSPS) is 19.8. The van der Waals surface area contributed by atoms with Gasteiger partial charge in [-0.15, -0.1) is 0 Å². The summed E-state index contributed by atoms with van der Waals surface area (Å²) < 4.78 is 0. The van der Waals surface area contributed by atoms with E-state index >= 15 is 0 Å². The molecule has 0 saturated carbocycles. The summed E-state index contributed by atoms with van der Waals surface area (Å²) in [4.78, 5) is 7.17. The van der Waals surface area contributed by atoms with Crippen LogP contribution in [0.4, 0.5) is 5.82 Å². The van der Waals surface area contributed by atoms with Gasteiger partial charge in [0.2, 0.25) is 0 Å². The lowest BCUT2D eigenvalue weighted by Gasteiger charge is -2.24. The molecule has 20 heavy (non-hydrogen) atoms. The van der Waals surface area contributed by atoms with Crippen molar-refractivity contribution < 1.29 is 0 Å². The molecular formula is C18H24N2. The maximum absolute atomic E-state index is 4.74. The van der Waals surface area contributed by atoms with Gasteiger partial charge in [0.25, 0.3) is 0 Å². The number of hydrogen-bond donors (Lipinski definition) is 0. The van der Waals surface area contributed by atoms with E-state index < -0.39 is 0 Å². The minimum absolute atomic E-state index is 0.156. The van der Waals surface area contributed by atoms with Crippen LogP contribution in [0.25, 0.3) is 10.8 Å². The highest BCUT2D eigenvalue weighted by Gasteiger charge is 2.22. The Morgan fingerprint density at radius 2 is 2.05 bits per heavy atom. The Morgan fingerprint density at radius 1 is 1.25 bits per heavy atom. The van der Waals surface area contributed by atoms with E-state index in [0.717, 1.165) is 12.4 Å². The number of hydrogen-bond acceptors (Lipinski definition) is 2. The van der Waals surface area contributed by atoms with Crippen LogP contribution in [0.1, 0.15) is 46.1 Å².